The van der Waals surface area contributed by atoms with Gasteiger partial charge in [0.2, 0.25) is 0 Å². The highest BCUT2D eigenvalue weighted by atomic mass is 19.1. The average Bonchev–Trinajstić information content (AvgIpc) is 2.56. The minimum atomic E-state index is -0.934. The molecular weight excluding hydrogens is 287 g/mol. The van der Waals surface area contributed by atoms with Gasteiger partial charge in [-0.25, -0.2) is 4.39 Å². The lowest BCUT2D eigenvalue weighted by Gasteiger charge is -2.34. The van der Waals surface area contributed by atoms with Crippen molar-refractivity contribution in [3.05, 3.63) is 95.3 Å². The van der Waals surface area contributed by atoms with Crippen LogP contribution in [0.25, 0.3) is 0 Å². The summed E-state index contributed by atoms with van der Waals surface area (Å²) in [6.45, 7) is 5.42. The van der Waals surface area contributed by atoms with E-state index in [1.54, 1.807) is 19.1 Å². The number of halogens is 1. The molecule has 0 radical (unpaired) electrons. The largest absolute Gasteiger partial charge is 0.298 e. The van der Waals surface area contributed by atoms with Gasteiger partial charge in [-0.05, 0) is 49.6 Å². The summed E-state index contributed by atoms with van der Waals surface area (Å²) in [5.74, 6) is -0.311. The first-order valence-electron chi connectivity index (χ1n) is 7.69. The third-order valence-corrected chi connectivity index (χ3v) is 4.10. The highest BCUT2D eigenvalue weighted by Crippen LogP contribution is 2.41. The van der Waals surface area contributed by atoms with Crippen LogP contribution in [0.3, 0.4) is 0 Å². The average molecular weight is 308 g/mol. The first-order chi connectivity index (χ1) is 11.1. The molecule has 2 aromatic rings. The molecule has 0 aromatic heterocycles. The Bertz CT molecular complexity index is 726. The molecule has 0 heterocycles. The lowest BCUT2D eigenvalue weighted by Crippen LogP contribution is -2.37. The predicted molar refractivity (Wildman–Crippen MR) is 92.9 cm³/mol. The van der Waals surface area contributed by atoms with Crippen LogP contribution in [-0.4, -0.2) is 5.78 Å². The summed E-state index contributed by atoms with van der Waals surface area (Å²) in [6.07, 6.45) is 5.80. The Morgan fingerprint density at radius 1 is 0.957 bits per heavy atom. The second-order valence-corrected chi connectivity index (χ2v) is 5.42. The molecule has 1 nitrogen and oxygen atoms in total. The predicted octanol–water partition coefficient (Wildman–Crippen LogP) is 5.22. The first kappa shape index (κ1) is 16.9. The molecule has 0 aliphatic carbocycles. The Labute approximate surface area is 137 Å². The Balaban J connectivity index is 2.86. The van der Waals surface area contributed by atoms with Gasteiger partial charge >= 0.3 is 0 Å². The summed E-state index contributed by atoms with van der Waals surface area (Å²) in [7, 11) is 0. The Hall–Kier alpha value is -2.48. The molecule has 0 bridgehead atoms. The standard InChI is InChI=1S/C21H21FO/c1-4-9-17(5-2)21(16(3)23,18-10-7-6-8-11-18)19-12-14-20(22)15-13-19/h4-15H,1-3H3/b9-4-,17-5+. The van der Waals surface area contributed by atoms with Crippen LogP contribution in [0.15, 0.2) is 78.4 Å². The van der Waals surface area contributed by atoms with E-state index in [1.165, 1.54) is 12.1 Å². The summed E-state index contributed by atoms with van der Waals surface area (Å²) < 4.78 is 13.4. The summed E-state index contributed by atoms with van der Waals surface area (Å²) in [5.41, 5.74) is 1.59. The Morgan fingerprint density at radius 2 is 1.52 bits per heavy atom. The number of carbonyl (C=O) groups excluding carboxylic acids is 1. The maximum atomic E-state index is 13.4. The van der Waals surface area contributed by atoms with Gasteiger partial charge in [-0.1, -0.05) is 60.7 Å². The zero-order valence-corrected chi connectivity index (χ0v) is 13.7. The van der Waals surface area contributed by atoms with Gasteiger partial charge in [-0.3, -0.25) is 4.79 Å². The molecule has 0 N–H and O–H groups in total. The fourth-order valence-corrected chi connectivity index (χ4v) is 3.12. The van der Waals surface area contributed by atoms with E-state index in [1.807, 2.05) is 62.4 Å². The Kier molecular flexibility index (Phi) is 5.28. The second kappa shape index (κ2) is 7.19. The van der Waals surface area contributed by atoms with Crippen molar-refractivity contribution in [2.45, 2.75) is 26.2 Å². The van der Waals surface area contributed by atoms with Gasteiger partial charge in [0.25, 0.3) is 0 Å². The van der Waals surface area contributed by atoms with Crippen LogP contribution in [0.2, 0.25) is 0 Å². The molecule has 0 saturated heterocycles. The van der Waals surface area contributed by atoms with Gasteiger partial charge in [-0.15, -0.1) is 0 Å². The van der Waals surface area contributed by atoms with Gasteiger partial charge in [0.05, 0.1) is 0 Å². The van der Waals surface area contributed by atoms with Crippen molar-refractivity contribution in [1.82, 2.24) is 0 Å². The van der Waals surface area contributed by atoms with Crippen molar-refractivity contribution in [2.75, 3.05) is 0 Å². The molecule has 0 saturated carbocycles. The van der Waals surface area contributed by atoms with Crippen molar-refractivity contribution in [2.24, 2.45) is 0 Å². The van der Waals surface area contributed by atoms with Crippen molar-refractivity contribution < 1.29 is 9.18 Å². The first-order valence-corrected chi connectivity index (χ1v) is 7.69. The number of benzene rings is 2. The maximum absolute atomic E-state index is 13.4. The van der Waals surface area contributed by atoms with E-state index in [9.17, 15) is 9.18 Å². The number of Topliss-reactive ketones (excluding diaryl/α,β-unsaturated/α-hetero) is 1. The zero-order valence-electron chi connectivity index (χ0n) is 13.7. The lowest BCUT2D eigenvalue weighted by molar-refractivity contribution is -0.119. The smallest absolute Gasteiger partial charge is 0.149 e. The molecule has 0 aliphatic heterocycles. The summed E-state index contributed by atoms with van der Waals surface area (Å²) in [6, 6.07) is 15.8. The number of rotatable bonds is 5. The van der Waals surface area contributed by atoms with E-state index < -0.39 is 5.41 Å². The van der Waals surface area contributed by atoms with Crippen molar-refractivity contribution in [3.8, 4) is 0 Å². The van der Waals surface area contributed by atoms with E-state index in [-0.39, 0.29) is 11.6 Å². The van der Waals surface area contributed by atoms with Gasteiger partial charge < -0.3 is 0 Å². The van der Waals surface area contributed by atoms with Crippen molar-refractivity contribution in [3.63, 3.8) is 0 Å². The van der Waals surface area contributed by atoms with Crippen LogP contribution < -0.4 is 0 Å². The van der Waals surface area contributed by atoms with Gasteiger partial charge in [0.1, 0.15) is 17.0 Å². The molecule has 2 aromatic carbocycles. The van der Waals surface area contributed by atoms with E-state index in [0.29, 0.717) is 0 Å². The van der Waals surface area contributed by atoms with Crippen LogP contribution in [0, 0.1) is 5.82 Å². The summed E-state index contributed by atoms with van der Waals surface area (Å²) in [4.78, 5) is 12.9. The highest BCUT2D eigenvalue weighted by molar-refractivity contribution is 5.96. The molecular formula is C21H21FO. The monoisotopic (exact) mass is 308 g/mol. The Morgan fingerprint density at radius 3 is 2.00 bits per heavy atom. The molecule has 2 heteroatoms. The second-order valence-electron chi connectivity index (χ2n) is 5.42. The van der Waals surface area contributed by atoms with Gasteiger partial charge in [-0.2, -0.15) is 0 Å². The van der Waals surface area contributed by atoms with Gasteiger partial charge in [0, 0.05) is 0 Å². The molecule has 1 atom stereocenters. The lowest BCUT2D eigenvalue weighted by atomic mass is 9.66. The van der Waals surface area contributed by atoms with E-state index in [0.717, 1.165) is 16.7 Å². The van der Waals surface area contributed by atoms with Crippen LogP contribution in [0.5, 0.6) is 0 Å². The summed E-state index contributed by atoms with van der Waals surface area (Å²) >= 11 is 0. The number of hydrogen-bond donors (Lipinski definition) is 0. The van der Waals surface area contributed by atoms with Gasteiger partial charge in [0.15, 0.2) is 0 Å². The SMILES string of the molecule is C/C=C\C(=C/C)C(C(C)=O)(c1ccccc1)c1ccc(F)cc1. The third-order valence-electron chi connectivity index (χ3n) is 4.10. The quantitative estimate of drug-likeness (QED) is 0.692. The highest BCUT2D eigenvalue weighted by Gasteiger charge is 2.41. The van der Waals surface area contributed by atoms with E-state index in [4.69, 9.17) is 0 Å². The molecule has 0 amide bonds. The molecule has 1 unspecified atom stereocenters. The minimum Gasteiger partial charge on any atom is -0.298 e. The molecule has 2 rings (SSSR count). The van der Waals surface area contributed by atoms with Crippen molar-refractivity contribution >= 4 is 5.78 Å². The fourth-order valence-electron chi connectivity index (χ4n) is 3.12. The molecule has 0 aliphatic rings. The number of carbonyl (C=O) groups is 1. The zero-order chi connectivity index (χ0) is 16.9. The topological polar surface area (TPSA) is 17.1 Å². The number of allylic oxidation sites excluding steroid dienone is 4. The number of ketones is 1. The molecule has 0 spiro atoms. The third kappa shape index (κ3) is 3.02. The van der Waals surface area contributed by atoms with E-state index in [2.05, 4.69) is 0 Å². The normalized spacial score (nSPS) is 14.7. The van der Waals surface area contributed by atoms with Crippen LogP contribution in [-0.2, 0) is 10.2 Å². The maximum Gasteiger partial charge on any atom is 0.149 e. The molecule has 118 valence electrons. The number of hydrogen-bond acceptors (Lipinski definition) is 1. The van der Waals surface area contributed by atoms with Crippen LogP contribution in [0.1, 0.15) is 31.9 Å². The van der Waals surface area contributed by atoms with Crippen molar-refractivity contribution in [1.29, 1.82) is 0 Å². The molecule has 23 heavy (non-hydrogen) atoms. The minimum absolute atomic E-state index is 0.00140. The van der Waals surface area contributed by atoms with E-state index >= 15 is 0 Å². The summed E-state index contributed by atoms with van der Waals surface area (Å²) in [5, 5.41) is 0. The molecule has 0 fully saturated rings. The fraction of sp³-hybridized carbons (Fsp3) is 0.190. The van der Waals surface area contributed by atoms with Crippen LogP contribution in [0.4, 0.5) is 4.39 Å². The van der Waals surface area contributed by atoms with Crippen LogP contribution >= 0.6 is 0 Å².